The van der Waals surface area contributed by atoms with E-state index in [4.69, 9.17) is 0 Å². The molecule has 5 nitrogen and oxygen atoms in total. The Balaban J connectivity index is 0.00000484. The number of halogens is 1. The maximum Gasteiger partial charge on any atom is 0.243 e. The molecule has 6 heteroatoms. The lowest BCUT2D eigenvalue weighted by atomic mass is 9.80. The second-order valence-electron chi connectivity index (χ2n) is 7.25. The van der Waals surface area contributed by atoms with E-state index in [1.54, 1.807) is 19.0 Å². The Labute approximate surface area is 159 Å². The molecule has 136 valence electrons. The van der Waals surface area contributed by atoms with E-state index in [1.165, 1.54) is 25.7 Å². The van der Waals surface area contributed by atoms with E-state index in [-0.39, 0.29) is 36.4 Å². The number of amides is 1. The van der Waals surface area contributed by atoms with Gasteiger partial charge in [0.05, 0.1) is 0 Å². The highest BCUT2D eigenvalue weighted by atomic mass is 127. The van der Waals surface area contributed by atoms with Crippen LogP contribution in [0.5, 0.6) is 0 Å². The number of hydrogen-bond donors (Lipinski definition) is 2. The van der Waals surface area contributed by atoms with Crippen LogP contribution in [-0.2, 0) is 4.79 Å². The molecule has 1 fully saturated rings. The van der Waals surface area contributed by atoms with Gasteiger partial charge < -0.3 is 15.5 Å². The molecule has 1 amide bonds. The van der Waals surface area contributed by atoms with Crippen molar-refractivity contribution in [3.8, 4) is 0 Å². The van der Waals surface area contributed by atoms with Gasteiger partial charge in [-0.05, 0) is 51.4 Å². The Morgan fingerprint density at radius 3 is 2.13 bits per heavy atom. The van der Waals surface area contributed by atoms with Crippen LogP contribution in [0, 0.1) is 11.8 Å². The molecule has 1 aliphatic rings. The molecule has 0 heterocycles. The Kier molecular flexibility index (Phi) is 10.8. The van der Waals surface area contributed by atoms with E-state index in [0.717, 1.165) is 17.8 Å². The minimum Gasteiger partial charge on any atom is -0.354 e. The molecule has 0 atom stereocenters. The van der Waals surface area contributed by atoms with Crippen molar-refractivity contribution < 1.29 is 4.79 Å². The highest BCUT2D eigenvalue weighted by Gasteiger charge is 2.23. The van der Waals surface area contributed by atoms with E-state index in [9.17, 15) is 4.79 Å². The number of nitrogens with zero attached hydrogens (tertiary/aromatic N) is 2. The van der Waals surface area contributed by atoms with Gasteiger partial charge in [0.1, 0.15) is 6.54 Å². The highest BCUT2D eigenvalue weighted by Crippen LogP contribution is 2.29. The smallest absolute Gasteiger partial charge is 0.243 e. The van der Waals surface area contributed by atoms with E-state index in [1.807, 2.05) is 0 Å². The Bertz CT molecular complexity index is 375. The molecule has 0 radical (unpaired) electrons. The van der Waals surface area contributed by atoms with Gasteiger partial charge in [-0.25, -0.2) is 4.99 Å². The molecule has 0 aromatic heterocycles. The van der Waals surface area contributed by atoms with Crippen molar-refractivity contribution in [2.24, 2.45) is 16.8 Å². The summed E-state index contributed by atoms with van der Waals surface area (Å²) in [6.07, 6.45) is 4.92. The first-order valence-electron chi connectivity index (χ1n) is 8.57. The van der Waals surface area contributed by atoms with Crippen LogP contribution in [-0.4, -0.2) is 49.5 Å². The fraction of sp³-hybridized carbons (Fsp3) is 0.882. The summed E-state index contributed by atoms with van der Waals surface area (Å²) in [5, 5.41) is 6.83. The lowest BCUT2D eigenvalue weighted by molar-refractivity contribution is -0.127. The molecule has 23 heavy (non-hydrogen) atoms. The van der Waals surface area contributed by atoms with E-state index in [0.29, 0.717) is 12.1 Å². The number of rotatable bonds is 5. The first-order valence-corrected chi connectivity index (χ1v) is 8.57. The van der Waals surface area contributed by atoms with Gasteiger partial charge in [0.15, 0.2) is 5.96 Å². The maximum absolute atomic E-state index is 11.7. The molecule has 0 bridgehead atoms. The van der Waals surface area contributed by atoms with Crippen LogP contribution in [0.3, 0.4) is 0 Å². The van der Waals surface area contributed by atoms with Crippen LogP contribution in [0.4, 0.5) is 0 Å². The summed E-state index contributed by atoms with van der Waals surface area (Å²) in [4.78, 5) is 17.7. The second kappa shape index (κ2) is 11.1. The van der Waals surface area contributed by atoms with Gasteiger partial charge in [0, 0.05) is 26.2 Å². The molecule has 0 saturated heterocycles. The number of nitrogens with one attached hydrogen (secondary N) is 2. The number of carbonyl (C=O) groups is 1. The van der Waals surface area contributed by atoms with Crippen LogP contribution in [0.2, 0.25) is 0 Å². The monoisotopic (exact) mass is 438 g/mol. The Hall–Kier alpha value is -0.530. The van der Waals surface area contributed by atoms with E-state index in [2.05, 4.69) is 43.3 Å². The van der Waals surface area contributed by atoms with Gasteiger partial charge in [-0.15, -0.1) is 24.0 Å². The van der Waals surface area contributed by atoms with Crippen LogP contribution in [0.15, 0.2) is 4.99 Å². The van der Waals surface area contributed by atoms with Crippen molar-refractivity contribution in [1.29, 1.82) is 0 Å². The molecule has 0 aliphatic heterocycles. The quantitative estimate of drug-likeness (QED) is 0.394. The lowest BCUT2D eigenvalue weighted by Gasteiger charge is -2.32. The normalized spacial score (nSPS) is 21.8. The average Bonchev–Trinajstić information content (AvgIpc) is 2.44. The maximum atomic E-state index is 11.7. The van der Waals surface area contributed by atoms with Gasteiger partial charge in [-0.1, -0.05) is 13.8 Å². The first-order chi connectivity index (χ1) is 10.3. The molecule has 0 spiro atoms. The SMILES string of the molecule is CC(C)NC(=NCC(=O)N(C)C)NC1CCC(C(C)C)CC1.I. The van der Waals surface area contributed by atoms with Crippen molar-refractivity contribution in [2.75, 3.05) is 20.6 Å². The largest absolute Gasteiger partial charge is 0.354 e. The van der Waals surface area contributed by atoms with Crippen LogP contribution >= 0.6 is 24.0 Å². The van der Waals surface area contributed by atoms with Gasteiger partial charge in [-0.2, -0.15) is 0 Å². The average molecular weight is 438 g/mol. The molecular formula is C17H35IN4O. The van der Waals surface area contributed by atoms with Crippen molar-refractivity contribution in [3.05, 3.63) is 0 Å². The van der Waals surface area contributed by atoms with Crippen molar-refractivity contribution in [3.63, 3.8) is 0 Å². The van der Waals surface area contributed by atoms with E-state index >= 15 is 0 Å². The number of guanidine groups is 1. The lowest BCUT2D eigenvalue weighted by Crippen LogP contribution is -2.47. The summed E-state index contributed by atoms with van der Waals surface area (Å²) in [5.74, 6) is 2.42. The zero-order valence-corrected chi connectivity index (χ0v) is 17.9. The van der Waals surface area contributed by atoms with Crippen LogP contribution < -0.4 is 10.6 Å². The number of carbonyl (C=O) groups excluding carboxylic acids is 1. The number of hydrogen-bond acceptors (Lipinski definition) is 2. The van der Waals surface area contributed by atoms with Gasteiger partial charge in [0.2, 0.25) is 5.91 Å². The third-order valence-corrected chi connectivity index (χ3v) is 4.35. The fourth-order valence-electron chi connectivity index (χ4n) is 2.82. The predicted octanol–water partition coefficient (Wildman–Crippen LogP) is 2.85. The third kappa shape index (κ3) is 8.77. The number of aliphatic imine (C=N–C) groups is 1. The molecule has 1 saturated carbocycles. The van der Waals surface area contributed by atoms with Crippen LogP contribution in [0.25, 0.3) is 0 Å². The minimum absolute atomic E-state index is 0. The van der Waals surface area contributed by atoms with Gasteiger partial charge >= 0.3 is 0 Å². The van der Waals surface area contributed by atoms with Crippen molar-refractivity contribution >= 4 is 35.8 Å². The molecule has 0 aromatic rings. The summed E-state index contributed by atoms with van der Waals surface area (Å²) in [5.41, 5.74) is 0. The standard InChI is InChI=1S/C17H34N4O.HI/c1-12(2)14-7-9-15(10-8-14)20-17(19-13(3)4)18-11-16(22)21(5)6;/h12-15H,7-11H2,1-6H3,(H2,18,19,20);1H. The zero-order chi connectivity index (χ0) is 16.7. The molecule has 2 N–H and O–H groups in total. The number of likely N-dealkylation sites (N-methyl/N-ethyl adjacent to an activating group) is 1. The highest BCUT2D eigenvalue weighted by molar-refractivity contribution is 14.0. The Morgan fingerprint density at radius 2 is 1.70 bits per heavy atom. The molecule has 0 aromatic carbocycles. The Morgan fingerprint density at radius 1 is 1.13 bits per heavy atom. The third-order valence-electron chi connectivity index (χ3n) is 4.35. The van der Waals surface area contributed by atoms with Gasteiger partial charge in [0.25, 0.3) is 0 Å². The summed E-state index contributed by atoms with van der Waals surface area (Å²) in [6.45, 7) is 8.99. The molecule has 1 aliphatic carbocycles. The van der Waals surface area contributed by atoms with Crippen LogP contribution in [0.1, 0.15) is 53.4 Å². The molecule has 0 unspecified atom stereocenters. The summed E-state index contributed by atoms with van der Waals surface area (Å²) < 4.78 is 0. The van der Waals surface area contributed by atoms with Crippen molar-refractivity contribution in [1.82, 2.24) is 15.5 Å². The minimum atomic E-state index is 0. The first kappa shape index (κ1) is 22.5. The summed E-state index contributed by atoms with van der Waals surface area (Å²) >= 11 is 0. The summed E-state index contributed by atoms with van der Waals surface area (Å²) in [6, 6.07) is 0.766. The second-order valence-corrected chi connectivity index (χ2v) is 7.25. The fourth-order valence-corrected chi connectivity index (χ4v) is 2.82. The molecular weight excluding hydrogens is 403 g/mol. The van der Waals surface area contributed by atoms with Gasteiger partial charge in [-0.3, -0.25) is 4.79 Å². The molecule has 1 rings (SSSR count). The topological polar surface area (TPSA) is 56.7 Å². The van der Waals surface area contributed by atoms with E-state index < -0.39 is 0 Å². The predicted molar refractivity (Wildman–Crippen MR) is 108 cm³/mol. The van der Waals surface area contributed by atoms with Crippen molar-refractivity contribution in [2.45, 2.75) is 65.5 Å². The zero-order valence-electron chi connectivity index (χ0n) is 15.6. The summed E-state index contributed by atoms with van der Waals surface area (Å²) in [7, 11) is 3.52.